The number of carbonyl (C=O) groups is 1. The maximum absolute atomic E-state index is 12.3. The molecule has 2 rings (SSSR count). The second-order valence-corrected chi connectivity index (χ2v) is 7.23. The molecule has 1 heterocycles. The number of aliphatic hydroxyl groups excluding tert-OH is 1. The monoisotopic (exact) mass is 345 g/mol. The van der Waals surface area contributed by atoms with Gasteiger partial charge in [0.05, 0.1) is 6.10 Å². The molecule has 138 valence electrons. The van der Waals surface area contributed by atoms with Gasteiger partial charge in [-0.2, -0.15) is 0 Å². The molecule has 1 unspecified atom stereocenters. The van der Waals surface area contributed by atoms with Crippen LogP contribution in [-0.2, 0) is 4.79 Å². The van der Waals surface area contributed by atoms with Crippen LogP contribution in [0.4, 0.5) is 0 Å². The number of rotatable bonds is 6. The van der Waals surface area contributed by atoms with Gasteiger partial charge in [-0.3, -0.25) is 9.69 Å². The van der Waals surface area contributed by atoms with Crippen LogP contribution >= 0.6 is 0 Å². The molecule has 1 aromatic carbocycles. The highest BCUT2D eigenvalue weighted by Gasteiger charge is 2.18. The van der Waals surface area contributed by atoms with Crippen LogP contribution in [0.3, 0.4) is 0 Å². The lowest BCUT2D eigenvalue weighted by atomic mass is 10.1. The van der Waals surface area contributed by atoms with E-state index in [0.717, 1.165) is 31.7 Å². The number of aliphatic hydroxyl groups is 1. The average Bonchev–Trinajstić information content (AvgIpc) is 2.53. The van der Waals surface area contributed by atoms with E-state index < -0.39 is 6.10 Å². The Kier molecular flexibility index (Phi) is 7.17. The summed E-state index contributed by atoms with van der Waals surface area (Å²) in [6.07, 6.45) is 2.90. The van der Waals surface area contributed by atoms with Gasteiger partial charge in [-0.15, -0.1) is 0 Å². The largest absolute Gasteiger partial charge is 0.390 e. The van der Waals surface area contributed by atoms with Crippen molar-refractivity contribution >= 4 is 12.0 Å². The molecule has 0 saturated carbocycles. The van der Waals surface area contributed by atoms with Gasteiger partial charge in [0, 0.05) is 52.4 Å². The van der Waals surface area contributed by atoms with Crippen LogP contribution in [0.25, 0.3) is 6.08 Å². The Labute approximate surface area is 151 Å². The van der Waals surface area contributed by atoms with Gasteiger partial charge in [-0.05, 0) is 32.5 Å². The third kappa shape index (κ3) is 6.61. The number of hydrogen-bond acceptors (Lipinski definition) is 4. The highest BCUT2D eigenvalue weighted by Crippen LogP contribution is 2.10. The van der Waals surface area contributed by atoms with Crippen molar-refractivity contribution in [1.29, 1.82) is 0 Å². The Morgan fingerprint density at radius 3 is 2.40 bits per heavy atom. The van der Waals surface area contributed by atoms with Gasteiger partial charge in [0.15, 0.2) is 0 Å². The van der Waals surface area contributed by atoms with Crippen LogP contribution in [0.1, 0.15) is 16.7 Å². The van der Waals surface area contributed by atoms with E-state index in [1.807, 2.05) is 19.9 Å². The zero-order valence-corrected chi connectivity index (χ0v) is 15.9. The van der Waals surface area contributed by atoms with Gasteiger partial charge in [0.25, 0.3) is 0 Å². The predicted molar refractivity (Wildman–Crippen MR) is 103 cm³/mol. The number of carbonyl (C=O) groups excluding carboxylic acids is 1. The minimum Gasteiger partial charge on any atom is -0.390 e. The lowest BCUT2D eigenvalue weighted by molar-refractivity contribution is -0.126. The van der Waals surface area contributed by atoms with E-state index in [2.05, 4.69) is 35.0 Å². The van der Waals surface area contributed by atoms with Crippen molar-refractivity contribution < 1.29 is 9.90 Å². The topological polar surface area (TPSA) is 47.0 Å². The number of nitrogens with zero attached hydrogens (tertiary/aromatic N) is 3. The van der Waals surface area contributed by atoms with Gasteiger partial charge in [0.2, 0.25) is 5.91 Å². The molecule has 1 amide bonds. The first-order valence-corrected chi connectivity index (χ1v) is 8.94. The molecule has 1 fully saturated rings. The van der Waals surface area contributed by atoms with E-state index in [4.69, 9.17) is 0 Å². The molecule has 0 radical (unpaired) electrons. The fourth-order valence-electron chi connectivity index (χ4n) is 3.19. The summed E-state index contributed by atoms with van der Waals surface area (Å²) in [7, 11) is 3.85. The molecule has 1 saturated heterocycles. The smallest absolute Gasteiger partial charge is 0.246 e. The molecule has 1 aliphatic rings. The summed E-state index contributed by atoms with van der Waals surface area (Å²) in [5.41, 5.74) is 3.39. The lowest BCUT2D eigenvalue weighted by Gasteiger charge is -2.34. The molecule has 1 aromatic rings. The first kappa shape index (κ1) is 19.6. The summed E-state index contributed by atoms with van der Waals surface area (Å²) in [5, 5.41) is 10.3. The Morgan fingerprint density at radius 1 is 1.20 bits per heavy atom. The van der Waals surface area contributed by atoms with Crippen LogP contribution in [0.15, 0.2) is 24.3 Å². The fourth-order valence-corrected chi connectivity index (χ4v) is 3.19. The molecule has 0 aliphatic carbocycles. The summed E-state index contributed by atoms with van der Waals surface area (Å²) >= 11 is 0. The molecule has 0 aromatic heterocycles. The molecule has 1 atom stereocenters. The van der Waals surface area contributed by atoms with Crippen LogP contribution in [0.2, 0.25) is 0 Å². The fraction of sp³-hybridized carbons (Fsp3) is 0.550. The Bertz CT molecular complexity index is 587. The third-order valence-corrected chi connectivity index (χ3v) is 4.59. The number of benzene rings is 1. The molecule has 1 aliphatic heterocycles. The van der Waals surface area contributed by atoms with E-state index in [0.29, 0.717) is 13.1 Å². The van der Waals surface area contributed by atoms with E-state index in [-0.39, 0.29) is 5.91 Å². The van der Waals surface area contributed by atoms with Crippen LogP contribution in [0.5, 0.6) is 0 Å². The van der Waals surface area contributed by atoms with Crippen molar-refractivity contribution in [2.75, 3.05) is 53.4 Å². The van der Waals surface area contributed by atoms with Crippen molar-refractivity contribution in [1.82, 2.24) is 14.7 Å². The minimum atomic E-state index is -0.521. The summed E-state index contributed by atoms with van der Waals surface area (Å²) in [6.45, 7) is 9.06. The summed E-state index contributed by atoms with van der Waals surface area (Å²) in [5.74, 6) is -0.0865. The van der Waals surface area contributed by atoms with Gasteiger partial charge in [-0.1, -0.05) is 29.3 Å². The Hall–Kier alpha value is -1.69. The zero-order chi connectivity index (χ0) is 18.4. The second kappa shape index (κ2) is 9.13. The van der Waals surface area contributed by atoms with Gasteiger partial charge < -0.3 is 14.9 Å². The first-order chi connectivity index (χ1) is 11.8. The van der Waals surface area contributed by atoms with Gasteiger partial charge in [-0.25, -0.2) is 0 Å². The quantitative estimate of drug-likeness (QED) is 0.792. The summed E-state index contributed by atoms with van der Waals surface area (Å²) in [6, 6.07) is 6.22. The van der Waals surface area contributed by atoms with Gasteiger partial charge >= 0.3 is 0 Å². The number of amides is 1. The molecule has 5 heteroatoms. The number of aryl methyl sites for hydroxylation is 2. The maximum Gasteiger partial charge on any atom is 0.246 e. The molecule has 1 N–H and O–H groups in total. The lowest BCUT2D eigenvalue weighted by Crippen LogP contribution is -2.48. The highest BCUT2D eigenvalue weighted by molar-refractivity contribution is 5.91. The molecular weight excluding hydrogens is 314 g/mol. The van der Waals surface area contributed by atoms with Crippen molar-refractivity contribution in [3.8, 4) is 0 Å². The first-order valence-electron chi connectivity index (χ1n) is 8.94. The van der Waals surface area contributed by atoms with Crippen LogP contribution < -0.4 is 0 Å². The summed E-state index contributed by atoms with van der Waals surface area (Å²) in [4.78, 5) is 18.4. The maximum atomic E-state index is 12.3. The van der Waals surface area contributed by atoms with Crippen molar-refractivity contribution in [2.24, 2.45) is 0 Å². The van der Waals surface area contributed by atoms with E-state index in [9.17, 15) is 9.90 Å². The van der Waals surface area contributed by atoms with Crippen LogP contribution in [0, 0.1) is 13.8 Å². The molecule has 0 bridgehead atoms. The van der Waals surface area contributed by atoms with E-state index >= 15 is 0 Å². The number of hydrogen-bond donors (Lipinski definition) is 1. The Morgan fingerprint density at radius 2 is 1.80 bits per heavy atom. The van der Waals surface area contributed by atoms with Crippen LogP contribution in [-0.4, -0.2) is 85.2 Å². The highest BCUT2D eigenvalue weighted by atomic mass is 16.3. The number of likely N-dealkylation sites (N-methyl/N-ethyl adjacent to an activating group) is 2. The van der Waals surface area contributed by atoms with Crippen molar-refractivity contribution in [3.05, 3.63) is 41.0 Å². The zero-order valence-electron chi connectivity index (χ0n) is 15.9. The molecular formula is C20H31N3O2. The Balaban J connectivity index is 1.81. The van der Waals surface area contributed by atoms with Crippen molar-refractivity contribution in [2.45, 2.75) is 20.0 Å². The number of β-amino-alcohol motifs (C(OH)–C–C–N with tert-alkyl or cyclic N) is 1. The average molecular weight is 345 g/mol. The predicted octanol–water partition coefficient (Wildman–Crippen LogP) is 1.38. The standard InChI is InChI=1S/C20H31N3O2/c1-16-11-17(2)13-18(12-16)5-6-20(25)22(4)14-19(24)15-23-9-7-21(3)8-10-23/h5-6,11-13,19,24H,7-10,14-15H2,1-4H3/b6-5+. The molecule has 25 heavy (non-hydrogen) atoms. The van der Waals surface area contributed by atoms with Crippen molar-refractivity contribution in [3.63, 3.8) is 0 Å². The van der Waals surface area contributed by atoms with E-state index in [1.165, 1.54) is 11.1 Å². The second-order valence-electron chi connectivity index (χ2n) is 7.23. The normalized spacial score (nSPS) is 17.8. The molecule has 0 spiro atoms. The third-order valence-electron chi connectivity index (χ3n) is 4.59. The SMILES string of the molecule is Cc1cc(C)cc(/C=C/C(=O)N(C)CC(O)CN2CCN(C)CC2)c1. The molecule has 5 nitrogen and oxygen atoms in total. The van der Waals surface area contributed by atoms with E-state index in [1.54, 1.807) is 18.0 Å². The minimum absolute atomic E-state index is 0.0865. The number of piperazine rings is 1. The summed E-state index contributed by atoms with van der Waals surface area (Å²) < 4.78 is 0. The van der Waals surface area contributed by atoms with Gasteiger partial charge in [0.1, 0.15) is 0 Å².